The Morgan fingerprint density at radius 1 is 1.48 bits per heavy atom. The molecule has 0 saturated carbocycles. The lowest BCUT2D eigenvalue weighted by Gasteiger charge is -2.30. The number of hydrogen-bond donors (Lipinski definition) is 2. The maximum Gasteiger partial charge on any atom is 0.221 e. The van der Waals surface area contributed by atoms with E-state index in [1.165, 1.54) is 0 Å². The summed E-state index contributed by atoms with van der Waals surface area (Å²) in [4.78, 5) is 14.1. The van der Waals surface area contributed by atoms with Crippen LogP contribution in [0.3, 0.4) is 0 Å². The summed E-state index contributed by atoms with van der Waals surface area (Å²) in [6, 6.07) is 9.42. The lowest BCUT2D eigenvalue weighted by Crippen LogP contribution is -2.46. The van der Waals surface area contributed by atoms with E-state index in [1.807, 2.05) is 30.3 Å². The second-order valence-corrected chi connectivity index (χ2v) is 5.28. The molecule has 6 heteroatoms. The Labute approximate surface area is 132 Å². The van der Waals surface area contributed by atoms with Crippen molar-refractivity contribution >= 4 is 18.3 Å². The molecule has 0 bridgehead atoms. The minimum Gasteiger partial charge on any atom is -0.374 e. The number of likely N-dealkylation sites (N-methyl/N-ethyl adjacent to an activating group) is 1. The van der Waals surface area contributed by atoms with Gasteiger partial charge in [-0.05, 0) is 12.6 Å². The number of carbonyl (C=O) groups is 1. The van der Waals surface area contributed by atoms with Gasteiger partial charge in [0.25, 0.3) is 0 Å². The van der Waals surface area contributed by atoms with Crippen molar-refractivity contribution in [2.24, 2.45) is 5.73 Å². The van der Waals surface area contributed by atoms with Crippen molar-refractivity contribution in [3.8, 4) is 0 Å². The fourth-order valence-electron chi connectivity index (χ4n) is 2.31. The van der Waals surface area contributed by atoms with Gasteiger partial charge in [0.1, 0.15) is 0 Å². The highest BCUT2D eigenvalue weighted by molar-refractivity contribution is 5.85. The quantitative estimate of drug-likeness (QED) is 0.849. The van der Waals surface area contributed by atoms with Crippen LogP contribution in [0.1, 0.15) is 18.0 Å². The molecule has 1 saturated heterocycles. The van der Waals surface area contributed by atoms with E-state index in [0.29, 0.717) is 13.0 Å². The van der Waals surface area contributed by atoms with Crippen molar-refractivity contribution in [3.63, 3.8) is 0 Å². The van der Waals surface area contributed by atoms with Gasteiger partial charge in [0.15, 0.2) is 0 Å². The van der Waals surface area contributed by atoms with Gasteiger partial charge in [0.05, 0.1) is 12.7 Å². The molecule has 2 unspecified atom stereocenters. The first-order valence-electron chi connectivity index (χ1n) is 7.02. The van der Waals surface area contributed by atoms with Crippen molar-refractivity contribution in [2.75, 3.05) is 33.3 Å². The number of carbonyl (C=O) groups excluding carboxylic acids is 1. The molecule has 118 valence electrons. The molecule has 1 heterocycles. The molecule has 0 spiro atoms. The van der Waals surface area contributed by atoms with E-state index in [4.69, 9.17) is 10.5 Å². The van der Waals surface area contributed by atoms with Crippen molar-refractivity contribution in [3.05, 3.63) is 35.9 Å². The number of nitrogens with one attached hydrogen (secondary N) is 1. The summed E-state index contributed by atoms with van der Waals surface area (Å²) in [6.45, 7) is 3.07. The maximum atomic E-state index is 11.9. The lowest BCUT2D eigenvalue weighted by molar-refractivity contribution is -0.122. The zero-order chi connectivity index (χ0) is 14.4. The monoisotopic (exact) mass is 313 g/mol. The van der Waals surface area contributed by atoms with Gasteiger partial charge >= 0.3 is 0 Å². The molecular weight excluding hydrogens is 290 g/mol. The molecule has 1 aliphatic heterocycles. The molecule has 1 amide bonds. The van der Waals surface area contributed by atoms with Crippen LogP contribution in [0.15, 0.2) is 30.3 Å². The fourth-order valence-corrected chi connectivity index (χ4v) is 2.31. The van der Waals surface area contributed by atoms with Gasteiger partial charge < -0.3 is 20.7 Å². The number of morpholine rings is 1. The van der Waals surface area contributed by atoms with E-state index in [0.717, 1.165) is 25.3 Å². The first-order valence-corrected chi connectivity index (χ1v) is 7.02. The third-order valence-electron chi connectivity index (χ3n) is 3.50. The number of nitrogens with two attached hydrogens (primary N) is 1. The molecule has 0 aliphatic carbocycles. The molecule has 1 aromatic rings. The topological polar surface area (TPSA) is 67.6 Å². The number of amides is 1. The van der Waals surface area contributed by atoms with Gasteiger partial charge in [-0.15, -0.1) is 12.4 Å². The molecule has 3 N–H and O–H groups in total. The second-order valence-electron chi connectivity index (χ2n) is 5.28. The Morgan fingerprint density at radius 2 is 2.19 bits per heavy atom. The largest absolute Gasteiger partial charge is 0.374 e. The number of hydrogen-bond acceptors (Lipinski definition) is 4. The summed E-state index contributed by atoms with van der Waals surface area (Å²) in [5.74, 6) is -0.0295. The second kappa shape index (κ2) is 9.00. The normalized spacial score (nSPS) is 20.4. The molecule has 2 atom stereocenters. The Hall–Kier alpha value is -1.14. The number of halogens is 1. The average molecular weight is 314 g/mol. The minimum atomic E-state index is -0.258. The van der Waals surface area contributed by atoms with Crippen LogP contribution in [-0.4, -0.2) is 50.2 Å². The van der Waals surface area contributed by atoms with E-state index in [-0.39, 0.29) is 30.5 Å². The van der Waals surface area contributed by atoms with Crippen LogP contribution < -0.4 is 11.1 Å². The molecule has 5 nitrogen and oxygen atoms in total. The molecule has 1 fully saturated rings. The first-order chi connectivity index (χ1) is 9.65. The van der Waals surface area contributed by atoms with Gasteiger partial charge in [0.2, 0.25) is 5.91 Å². The predicted molar refractivity (Wildman–Crippen MR) is 85.5 cm³/mol. The van der Waals surface area contributed by atoms with E-state index in [2.05, 4.69) is 17.3 Å². The number of nitrogens with zero attached hydrogens (tertiary/aromatic N) is 1. The summed E-state index contributed by atoms with van der Waals surface area (Å²) in [6.07, 6.45) is 0.373. The number of rotatable bonds is 5. The smallest absolute Gasteiger partial charge is 0.221 e. The van der Waals surface area contributed by atoms with Crippen LogP contribution in [-0.2, 0) is 9.53 Å². The lowest BCUT2D eigenvalue weighted by atomic mass is 10.0. The Bertz CT molecular complexity index is 430. The summed E-state index contributed by atoms with van der Waals surface area (Å²) in [5.41, 5.74) is 7.01. The SMILES string of the molecule is CN1CCOC(CNC(=O)CC(N)c2ccccc2)C1.Cl. The van der Waals surface area contributed by atoms with Gasteiger partial charge in [0, 0.05) is 32.1 Å². The Kier molecular flexibility index (Phi) is 7.67. The van der Waals surface area contributed by atoms with Gasteiger partial charge in [-0.1, -0.05) is 30.3 Å². The summed E-state index contributed by atoms with van der Waals surface area (Å²) < 4.78 is 5.60. The van der Waals surface area contributed by atoms with Crippen molar-refractivity contribution in [1.82, 2.24) is 10.2 Å². The number of ether oxygens (including phenoxy) is 1. The Morgan fingerprint density at radius 3 is 2.86 bits per heavy atom. The zero-order valence-electron chi connectivity index (χ0n) is 12.3. The highest BCUT2D eigenvalue weighted by atomic mass is 35.5. The summed E-state index contributed by atoms with van der Waals surface area (Å²) in [7, 11) is 2.06. The molecule has 0 radical (unpaired) electrons. The van der Waals surface area contributed by atoms with Crippen LogP contribution in [0, 0.1) is 0 Å². The zero-order valence-corrected chi connectivity index (χ0v) is 13.1. The maximum absolute atomic E-state index is 11.9. The fraction of sp³-hybridized carbons (Fsp3) is 0.533. The third-order valence-corrected chi connectivity index (χ3v) is 3.50. The average Bonchev–Trinajstić information content (AvgIpc) is 2.46. The van der Waals surface area contributed by atoms with Crippen LogP contribution in [0.2, 0.25) is 0 Å². The van der Waals surface area contributed by atoms with E-state index >= 15 is 0 Å². The molecule has 0 aromatic heterocycles. The molecule has 1 aliphatic rings. The minimum absolute atomic E-state index is 0. The van der Waals surface area contributed by atoms with E-state index in [9.17, 15) is 4.79 Å². The van der Waals surface area contributed by atoms with Crippen molar-refractivity contribution < 1.29 is 9.53 Å². The van der Waals surface area contributed by atoms with Crippen molar-refractivity contribution in [1.29, 1.82) is 0 Å². The van der Waals surface area contributed by atoms with Gasteiger partial charge in [-0.3, -0.25) is 4.79 Å². The molecule has 21 heavy (non-hydrogen) atoms. The van der Waals surface area contributed by atoms with Gasteiger partial charge in [-0.25, -0.2) is 0 Å². The van der Waals surface area contributed by atoms with Crippen LogP contribution in [0.25, 0.3) is 0 Å². The van der Waals surface area contributed by atoms with Crippen molar-refractivity contribution in [2.45, 2.75) is 18.6 Å². The van der Waals surface area contributed by atoms with Crippen LogP contribution >= 0.6 is 12.4 Å². The molecule has 2 rings (SSSR count). The van der Waals surface area contributed by atoms with Gasteiger partial charge in [-0.2, -0.15) is 0 Å². The highest BCUT2D eigenvalue weighted by Crippen LogP contribution is 2.12. The standard InChI is InChI=1S/C15H23N3O2.ClH/c1-18-7-8-20-13(11-18)10-17-15(19)9-14(16)12-5-3-2-4-6-12;/h2-6,13-14H,7-11,16H2,1H3,(H,17,19);1H. The summed E-state index contributed by atoms with van der Waals surface area (Å²) >= 11 is 0. The Balaban J connectivity index is 0.00000220. The van der Waals surface area contributed by atoms with E-state index in [1.54, 1.807) is 0 Å². The highest BCUT2D eigenvalue weighted by Gasteiger charge is 2.19. The van der Waals surface area contributed by atoms with Crippen LogP contribution in [0.4, 0.5) is 0 Å². The van der Waals surface area contributed by atoms with E-state index < -0.39 is 0 Å². The summed E-state index contributed by atoms with van der Waals surface area (Å²) in [5, 5.41) is 2.90. The molecule has 1 aromatic carbocycles. The molecular formula is C15H24ClN3O2. The van der Waals surface area contributed by atoms with Crippen LogP contribution in [0.5, 0.6) is 0 Å². The first kappa shape index (κ1) is 17.9. The third kappa shape index (κ3) is 6.01. The number of benzene rings is 1. The predicted octanol–water partition coefficient (Wildman–Crippen LogP) is 0.945.